The summed E-state index contributed by atoms with van der Waals surface area (Å²) in [6, 6.07) is 2.51. The van der Waals surface area contributed by atoms with Crippen LogP contribution in [0.25, 0.3) is 0 Å². The van der Waals surface area contributed by atoms with Gasteiger partial charge in [0.05, 0.1) is 6.54 Å². The first-order valence-electron chi connectivity index (χ1n) is 7.33. The number of halogens is 2. The van der Waals surface area contributed by atoms with Gasteiger partial charge in [0.1, 0.15) is 11.6 Å². The van der Waals surface area contributed by atoms with Crippen LogP contribution in [0.5, 0.6) is 0 Å². The van der Waals surface area contributed by atoms with E-state index in [0.717, 1.165) is 29.9 Å². The lowest BCUT2D eigenvalue weighted by Gasteiger charge is -2.21. The van der Waals surface area contributed by atoms with E-state index in [1.165, 1.54) is 6.07 Å². The number of nitrogens with one attached hydrogen (secondary N) is 2. The Hall–Kier alpha value is -2.02. The van der Waals surface area contributed by atoms with Gasteiger partial charge in [0.2, 0.25) is 5.91 Å². The van der Waals surface area contributed by atoms with Crippen LogP contribution in [0.1, 0.15) is 24.4 Å². The Labute approximate surface area is 126 Å². The summed E-state index contributed by atoms with van der Waals surface area (Å²) in [4.78, 5) is 24.6. The lowest BCUT2D eigenvalue weighted by Crippen LogP contribution is -2.41. The minimum absolute atomic E-state index is 0.0788. The normalized spacial score (nSPS) is 19.2. The molecule has 2 aliphatic rings. The van der Waals surface area contributed by atoms with E-state index in [9.17, 15) is 18.4 Å². The lowest BCUT2D eigenvalue weighted by atomic mass is 10.0. The molecular formula is C15H17F2N3O2. The zero-order chi connectivity index (χ0) is 15.7. The maximum absolute atomic E-state index is 13.9. The van der Waals surface area contributed by atoms with Gasteiger partial charge >= 0.3 is 6.03 Å². The number of carbonyl (C=O) groups is 2. The molecule has 2 fully saturated rings. The Morgan fingerprint density at radius 1 is 1.41 bits per heavy atom. The predicted octanol–water partition coefficient (Wildman–Crippen LogP) is 1.56. The van der Waals surface area contributed by atoms with Crippen molar-refractivity contribution in [2.45, 2.75) is 18.9 Å². The summed E-state index contributed by atoms with van der Waals surface area (Å²) in [7, 11) is 0. The van der Waals surface area contributed by atoms with E-state index >= 15 is 0 Å². The molecule has 0 spiro atoms. The second kappa shape index (κ2) is 6.00. The average molecular weight is 309 g/mol. The molecule has 1 saturated heterocycles. The number of hydrogen-bond acceptors (Lipinski definition) is 3. The fraction of sp³-hybridized carbons (Fsp3) is 0.467. The van der Waals surface area contributed by atoms with Crippen LogP contribution in [0.2, 0.25) is 0 Å². The zero-order valence-electron chi connectivity index (χ0n) is 11.9. The highest BCUT2D eigenvalue weighted by molar-refractivity contribution is 5.96. The Balaban J connectivity index is 1.69. The molecule has 0 aromatic heterocycles. The summed E-state index contributed by atoms with van der Waals surface area (Å²) in [6.07, 6.45) is 1.82. The largest absolute Gasteiger partial charge is 0.336 e. The van der Waals surface area contributed by atoms with E-state index in [1.807, 2.05) is 0 Å². The highest BCUT2D eigenvalue weighted by Crippen LogP contribution is 2.41. The average Bonchev–Trinajstić information content (AvgIpc) is 3.23. The molecule has 1 aliphatic heterocycles. The van der Waals surface area contributed by atoms with Gasteiger partial charge in [-0.15, -0.1) is 0 Å². The monoisotopic (exact) mass is 309 g/mol. The standard InChI is InChI=1S/C15H17F2N3O2/c16-10-3-4-12(17)11(7-10)14(9-1-2-9)19-8-13(21)20-6-5-18-15(20)22/h3-4,7,9,14,19H,1-2,5-6,8H2,(H,18,22). The van der Waals surface area contributed by atoms with Crippen molar-refractivity contribution >= 4 is 11.9 Å². The number of imide groups is 1. The van der Waals surface area contributed by atoms with Gasteiger partial charge < -0.3 is 10.6 Å². The number of hydrogen-bond donors (Lipinski definition) is 2. The van der Waals surface area contributed by atoms with Crippen molar-refractivity contribution in [3.8, 4) is 0 Å². The number of amides is 3. The SMILES string of the molecule is O=C(CNC(c1cc(F)ccc1F)C1CC1)N1CCNC1=O. The van der Waals surface area contributed by atoms with E-state index in [0.29, 0.717) is 13.1 Å². The van der Waals surface area contributed by atoms with Crippen molar-refractivity contribution in [2.24, 2.45) is 5.92 Å². The van der Waals surface area contributed by atoms with Crippen LogP contribution in [0.3, 0.4) is 0 Å². The van der Waals surface area contributed by atoms with Crippen LogP contribution in [-0.2, 0) is 4.79 Å². The lowest BCUT2D eigenvalue weighted by molar-refractivity contribution is -0.126. The quantitative estimate of drug-likeness (QED) is 0.868. The number of benzene rings is 1. The predicted molar refractivity (Wildman–Crippen MR) is 74.9 cm³/mol. The molecule has 1 heterocycles. The van der Waals surface area contributed by atoms with Crippen molar-refractivity contribution in [2.75, 3.05) is 19.6 Å². The third-order valence-corrected chi connectivity index (χ3v) is 4.02. The highest BCUT2D eigenvalue weighted by atomic mass is 19.1. The molecule has 22 heavy (non-hydrogen) atoms. The van der Waals surface area contributed by atoms with Gasteiger partial charge in [-0.2, -0.15) is 0 Å². The zero-order valence-corrected chi connectivity index (χ0v) is 11.9. The molecule has 1 saturated carbocycles. The summed E-state index contributed by atoms with van der Waals surface area (Å²) < 4.78 is 27.3. The third-order valence-electron chi connectivity index (χ3n) is 4.02. The van der Waals surface area contributed by atoms with E-state index in [4.69, 9.17) is 0 Å². The van der Waals surface area contributed by atoms with Gasteiger partial charge in [0.25, 0.3) is 0 Å². The van der Waals surface area contributed by atoms with Crippen molar-refractivity contribution < 1.29 is 18.4 Å². The summed E-state index contributed by atoms with van der Waals surface area (Å²) in [5.74, 6) is -1.17. The second-order valence-electron chi connectivity index (χ2n) is 5.64. The minimum Gasteiger partial charge on any atom is -0.336 e. The fourth-order valence-electron chi connectivity index (χ4n) is 2.72. The van der Waals surface area contributed by atoms with Gasteiger partial charge in [-0.3, -0.25) is 9.69 Å². The third kappa shape index (κ3) is 3.09. The van der Waals surface area contributed by atoms with Crippen molar-refractivity contribution in [3.05, 3.63) is 35.4 Å². The van der Waals surface area contributed by atoms with Gasteiger partial charge in [-0.1, -0.05) is 0 Å². The summed E-state index contributed by atoms with van der Waals surface area (Å²) >= 11 is 0. The molecule has 1 aromatic carbocycles. The van der Waals surface area contributed by atoms with Crippen LogP contribution >= 0.6 is 0 Å². The molecular weight excluding hydrogens is 292 g/mol. The van der Waals surface area contributed by atoms with Crippen LogP contribution in [-0.4, -0.2) is 36.5 Å². The first kappa shape index (κ1) is 14.9. The molecule has 118 valence electrons. The maximum atomic E-state index is 13.9. The van der Waals surface area contributed by atoms with E-state index in [-0.39, 0.29) is 23.9 Å². The molecule has 0 bridgehead atoms. The van der Waals surface area contributed by atoms with Gasteiger partial charge in [0, 0.05) is 24.7 Å². The summed E-state index contributed by atoms with van der Waals surface area (Å²) in [6.45, 7) is 0.696. The van der Waals surface area contributed by atoms with E-state index < -0.39 is 23.7 Å². The topological polar surface area (TPSA) is 61.4 Å². The van der Waals surface area contributed by atoms with Gasteiger partial charge in [-0.25, -0.2) is 13.6 Å². The number of rotatable bonds is 5. The molecule has 1 unspecified atom stereocenters. The summed E-state index contributed by atoms with van der Waals surface area (Å²) in [5.41, 5.74) is 0.237. The molecule has 2 N–H and O–H groups in total. The maximum Gasteiger partial charge on any atom is 0.324 e. The number of nitrogens with zero attached hydrogens (tertiary/aromatic N) is 1. The molecule has 3 rings (SSSR count). The number of carbonyl (C=O) groups excluding carboxylic acids is 2. The van der Waals surface area contributed by atoms with Crippen molar-refractivity contribution in [3.63, 3.8) is 0 Å². The minimum atomic E-state index is -0.505. The van der Waals surface area contributed by atoms with E-state index in [1.54, 1.807) is 0 Å². The smallest absolute Gasteiger partial charge is 0.324 e. The first-order chi connectivity index (χ1) is 10.6. The summed E-state index contributed by atoms with van der Waals surface area (Å²) in [5, 5.41) is 5.54. The van der Waals surface area contributed by atoms with Gasteiger partial charge in [0.15, 0.2) is 0 Å². The van der Waals surface area contributed by atoms with Crippen molar-refractivity contribution in [1.82, 2.24) is 15.5 Å². The first-order valence-corrected chi connectivity index (χ1v) is 7.33. The molecule has 7 heteroatoms. The van der Waals surface area contributed by atoms with Gasteiger partial charge in [-0.05, 0) is 37.0 Å². The van der Waals surface area contributed by atoms with Crippen molar-refractivity contribution in [1.29, 1.82) is 0 Å². The van der Waals surface area contributed by atoms with Crippen LogP contribution in [0, 0.1) is 17.6 Å². The Bertz CT molecular complexity index is 604. The Kier molecular flexibility index (Phi) is 4.06. The van der Waals surface area contributed by atoms with Crippen LogP contribution in [0.4, 0.5) is 13.6 Å². The second-order valence-corrected chi connectivity index (χ2v) is 5.64. The molecule has 3 amide bonds. The van der Waals surface area contributed by atoms with Crippen LogP contribution in [0.15, 0.2) is 18.2 Å². The molecule has 1 aromatic rings. The highest BCUT2D eigenvalue weighted by Gasteiger charge is 2.35. The fourth-order valence-corrected chi connectivity index (χ4v) is 2.72. The van der Waals surface area contributed by atoms with E-state index in [2.05, 4.69) is 10.6 Å². The molecule has 0 radical (unpaired) electrons. The number of urea groups is 1. The molecule has 5 nitrogen and oxygen atoms in total. The Morgan fingerprint density at radius 2 is 2.18 bits per heavy atom. The van der Waals surface area contributed by atoms with Crippen LogP contribution < -0.4 is 10.6 Å². The Morgan fingerprint density at radius 3 is 2.82 bits per heavy atom. The molecule has 1 aliphatic carbocycles. The molecule has 1 atom stereocenters.